The number of rotatable bonds is 14. The van der Waals surface area contributed by atoms with Gasteiger partial charge in [0.25, 0.3) is 10.6 Å². The number of H-pyrrole nitrogens is 1. The lowest BCUT2D eigenvalue weighted by Gasteiger charge is -2.17. The van der Waals surface area contributed by atoms with Crippen molar-refractivity contribution < 1.29 is 38.8 Å². The number of benzene rings is 2. The highest BCUT2D eigenvalue weighted by atomic mass is 16.9. The Morgan fingerprint density at radius 1 is 1.12 bits per heavy atom. The third-order valence-corrected chi connectivity index (χ3v) is 5.97. The van der Waals surface area contributed by atoms with E-state index in [0.717, 1.165) is 11.1 Å². The molecule has 0 radical (unpaired) electrons. The number of aryl methyl sites for hydroxylation is 2. The van der Waals surface area contributed by atoms with E-state index < -0.39 is 23.0 Å². The predicted octanol–water partition coefficient (Wildman–Crippen LogP) is 2.55. The second kappa shape index (κ2) is 13.3. The molecule has 0 aliphatic heterocycles. The first kappa shape index (κ1) is 29.7. The van der Waals surface area contributed by atoms with Crippen LogP contribution in [0, 0.1) is 24.0 Å². The number of ether oxygens (including phenoxy) is 3. The average molecular weight is 559 g/mol. The molecule has 3 aromatic rings. The van der Waals surface area contributed by atoms with Crippen molar-refractivity contribution in [1.82, 2.24) is 15.3 Å². The summed E-state index contributed by atoms with van der Waals surface area (Å²) in [5.41, 5.74) is 2.12. The van der Waals surface area contributed by atoms with E-state index >= 15 is 0 Å². The zero-order chi connectivity index (χ0) is 29.4. The molecule has 0 aliphatic rings. The van der Waals surface area contributed by atoms with Gasteiger partial charge in [-0.3, -0.25) is 9.59 Å². The van der Waals surface area contributed by atoms with Crippen LogP contribution in [0.1, 0.15) is 30.4 Å². The van der Waals surface area contributed by atoms with Gasteiger partial charge in [-0.25, -0.2) is 9.78 Å². The summed E-state index contributed by atoms with van der Waals surface area (Å²) in [5, 5.41) is 21.3. The minimum absolute atomic E-state index is 0.00659. The molecule has 1 heterocycles. The van der Waals surface area contributed by atoms with E-state index in [0.29, 0.717) is 39.5 Å². The SMILES string of the molecule is COc1cc(OC)c2c(=O)[nH]c(-c3cc(C)c(OCCC(NC(=O)CCCO[N+](=O)[O-])C(=O)O)c(C)c3)nc2c1. The van der Waals surface area contributed by atoms with Crippen LogP contribution in [0.2, 0.25) is 0 Å². The first-order chi connectivity index (χ1) is 19.0. The molecule has 0 spiro atoms. The van der Waals surface area contributed by atoms with Gasteiger partial charge in [0, 0.05) is 30.5 Å². The summed E-state index contributed by atoms with van der Waals surface area (Å²) in [6.45, 7) is 3.34. The number of nitrogens with one attached hydrogen (secondary N) is 2. The number of aromatic amines is 1. The fraction of sp³-hybridized carbons (Fsp3) is 0.385. The van der Waals surface area contributed by atoms with Crippen molar-refractivity contribution >= 4 is 22.8 Å². The van der Waals surface area contributed by atoms with E-state index in [-0.39, 0.29) is 38.0 Å². The molecular formula is C26H30N4O10. The number of carboxylic acids is 1. The maximum atomic E-state index is 12.9. The number of hydrogen-bond acceptors (Lipinski definition) is 10. The summed E-state index contributed by atoms with van der Waals surface area (Å²) < 4.78 is 16.5. The van der Waals surface area contributed by atoms with Gasteiger partial charge in [-0.05, 0) is 43.5 Å². The molecule has 14 nitrogen and oxygen atoms in total. The van der Waals surface area contributed by atoms with Crippen LogP contribution in [0.5, 0.6) is 17.2 Å². The Morgan fingerprint density at radius 2 is 1.82 bits per heavy atom. The average Bonchev–Trinajstić information content (AvgIpc) is 2.90. The van der Waals surface area contributed by atoms with Crippen LogP contribution < -0.4 is 25.1 Å². The largest absolute Gasteiger partial charge is 0.497 e. The normalized spacial score (nSPS) is 11.5. The lowest BCUT2D eigenvalue weighted by atomic mass is 10.0. The van der Waals surface area contributed by atoms with E-state index in [4.69, 9.17) is 14.2 Å². The van der Waals surface area contributed by atoms with E-state index in [1.807, 2.05) is 0 Å². The Labute approximate surface area is 228 Å². The fourth-order valence-electron chi connectivity index (χ4n) is 4.12. The van der Waals surface area contributed by atoms with Crippen LogP contribution in [0.4, 0.5) is 0 Å². The molecule has 3 rings (SSSR count). The zero-order valence-corrected chi connectivity index (χ0v) is 22.4. The van der Waals surface area contributed by atoms with E-state index in [2.05, 4.69) is 20.1 Å². The number of carbonyl (C=O) groups excluding carboxylic acids is 1. The Kier molecular flexibility index (Phi) is 9.84. The van der Waals surface area contributed by atoms with Crippen LogP contribution >= 0.6 is 0 Å². The topological polar surface area (TPSA) is 192 Å². The highest BCUT2D eigenvalue weighted by Crippen LogP contribution is 2.31. The molecule has 0 bridgehead atoms. The molecule has 0 saturated carbocycles. The van der Waals surface area contributed by atoms with Crippen molar-refractivity contribution in [3.8, 4) is 28.6 Å². The number of aliphatic carboxylic acids is 1. The van der Waals surface area contributed by atoms with Crippen molar-refractivity contribution in [3.05, 3.63) is 55.9 Å². The Balaban J connectivity index is 1.72. The van der Waals surface area contributed by atoms with Gasteiger partial charge in [0.15, 0.2) is 0 Å². The third-order valence-electron chi connectivity index (χ3n) is 5.97. The maximum absolute atomic E-state index is 12.9. The van der Waals surface area contributed by atoms with Gasteiger partial charge in [0.2, 0.25) is 5.91 Å². The van der Waals surface area contributed by atoms with Gasteiger partial charge in [-0.1, -0.05) is 0 Å². The van der Waals surface area contributed by atoms with Crippen LogP contribution in [-0.2, 0) is 14.4 Å². The molecular weight excluding hydrogens is 528 g/mol. The van der Waals surface area contributed by atoms with Gasteiger partial charge in [0.1, 0.15) is 34.5 Å². The summed E-state index contributed by atoms with van der Waals surface area (Å²) >= 11 is 0. The second-order valence-electron chi connectivity index (χ2n) is 8.83. The number of hydrogen-bond donors (Lipinski definition) is 3. The van der Waals surface area contributed by atoms with Crippen LogP contribution in [0.3, 0.4) is 0 Å². The molecule has 1 aromatic heterocycles. The Hall–Kier alpha value is -4.88. The quantitative estimate of drug-likeness (QED) is 0.150. The Morgan fingerprint density at radius 3 is 2.42 bits per heavy atom. The van der Waals surface area contributed by atoms with E-state index in [1.165, 1.54) is 14.2 Å². The summed E-state index contributed by atoms with van der Waals surface area (Å²) in [5.74, 6) is -0.106. The van der Waals surface area contributed by atoms with Crippen molar-refractivity contribution in [1.29, 1.82) is 0 Å². The summed E-state index contributed by atoms with van der Waals surface area (Å²) in [6, 6.07) is 5.62. The van der Waals surface area contributed by atoms with Gasteiger partial charge < -0.3 is 34.5 Å². The van der Waals surface area contributed by atoms with Crippen LogP contribution in [0.15, 0.2) is 29.1 Å². The number of nitrogens with zero attached hydrogens (tertiary/aromatic N) is 2. The number of fused-ring (bicyclic) bond motifs is 1. The number of methoxy groups -OCH3 is 2. The number of carboxylic acid groups (broad SMARTS) is 1. The number of aromatic nitrogens is 2. The maximum Gasteiger partial charge on any atom is 0.326 e. The molecule has 1 atom stereocenters. The van der Waals surface area contributed by atoms with Crippen molar-refractivity contribution in [3.63, 3.8) is 0 Å². The molecule has 1 unspecified atom stereocenters. The zero-order valence-electron chi connectivity index (χ0n) is 22.4. The summed E-state index contributed by atoms with van der Waals surface area (Å²) in [4.78, 5) is 58.2. The molecule has 0 aliphatic carbocycles. The summed E-state index contributed by atoms with van der Waals surface area (Å²) in [7, 11) is 2.96. The minimum Gasteiger partial charge on any atom is -0.497 e. The first-order valence-corrected chi connectivity index (χ1v) is 12.2. The predicted molar refractivity (Wildman–Crippen MR) is 142 cm³/mol. The third kappa shape index (κ3) is 7.36. The molecule has 0 fully saturated rings. The molecule has 1 amide bonds. The smallest absolute Gasteiger partial charge is 0.326 e. The molecule has 40 heavy (non-hydrogen) atoms. The van der Waals surface area contributed by atoms with Crippen molar-refractivity contribution in [2.24, 2.45) is 0 Å². The number of amides is 1. The van der Waals surface area contributed by atoms with Gasteiger partial charge >= 0.3 is 5.97 Å². The Bertz CT molecular complexity index is 1450. The van der Waals surface area contributed by atoms with E-state index in [1.54, 1.807) is 38.1 Å². The highest BCUT2D eigenvalue weighted by Gasteiger charge is 2.21. The molecule has 14 heteroatoms. The summed E-state index contributed by atoms with van der Waals surface area (Å²) in [6.07, 6.45) is -0.0717. The molecule has 2 aromatic carbocycles. The first-order valence-electron chi connectivity index (χ1n) is 12.2. The van der Waals surface area contributed by atoms with Crippen molar-refractivity contribution in [2.45, 2.75) is 39.2 Å². The molecule has 0 saturated heterocycles. The molecule has 3 N–H and O–H groups in total. The lowest BCUT2D eigenvalue weighted by Crippen LogP contribution is -2.41. The fourth-order valence-corrected chi connectivity index (χ4v) is 4.12. The van der Waals surface area contributed by atoms with E-state index in [9.17, 15) is 29.6 Å². The lowest BCUT2D eigenvalue weighted by molar-refractivity contribution is -0.757. The van der Waals surface area contributed by atoms with Crippen LogP contribution in [0.25, 0.3) is 22.3 Å². The highest BCUT2D eigenvalue weighted by molar-refractivity contribution is 5.87. The monoisotopic (exact) mass is 558 g/mol. The van der Waals surface area contributed by atoms with Gasteiger partial charge in [-0.2, -0.15) is 0 Å². The van der Waals surface area contributed by atoms with Crippen LogP contribution in [-0.4, -0.2) is 65.5 Å². The van der Waals surface area contributed by atoms with Crippen molar-refractivity contribution in [2.75, 3.05) is 27.4 Å². The standard InChI is InChI=1S/C26H30N4O10/c1-14-10-16(24-28-19-12-17(37-3)13-20(38-4)22(19)25(32)29-24)11-15(2)23(14)39-9-7-18(26(33)34)27-21(31)6-5-8-40-30(35)36/h10-13,18H,5-9H2,1-4H3,(H,27,31)(H,33,34)(H,28,29,32). The number of carbonyl (C=O) groups is 2. The minimum atomic E-state index is -1.23. The second-order valence-corrected chi connectivity index (χ2v) is 8.83. The molecule has 214 valence electrons. The van der Waals surface area contributed by atoms with Gasteiger partial charge in [-0.15, -0.1) is 10.1 Å². The van der Waals surface area contributed by atoms with Gasteiger partial charge in [0.05, 0.1) is 33.0 Å².